The Morgan fingerprint density at radius 3 is 2.53 bits per heavy atom. The van der Waals surface area contributed by atoms with Gasteiger partial charge < -0.3 is 4.74 Å². The van der Waals surface area contributed by atoms with Crippen molar-refractivity contribution in [3.63, 3.8) is 0 Å². The van der Waals surface area contributed by atoms with Gasteiger partial charge in [0.05, 0.1) is 4.47 Å². The normalized spacial score (nSPS) is 10.3. The first-order valence-corrected chi connectivity index (χ1v) is 6.09. The van der Waals surface area contributed by atoms with Crippen LogP contribution in [0, 0.1) is 12.7 Å². The molecule has 0 bridgehead atoms. The van der Waals surface area contributed by atoms with Crippen LogP contribution in [0.15, 0.2) is 46.9 Å². The van der Waals surface area contributed by atoms with Crippen molar-refractivity contribution in [2.24, 2.45) is 0 Å². The minimum Gasteiger partial charge on any atom is -0.485 e. The number of aryl methyl sites for hydroxylation is 1. The highest BCUT2D eigenvalue weighted by atomic mass is 79.9. The second kappa shape index (κ2) is 5.32. The van der Waals surface area contributed by atoms with E-state index in [1.165, 1.54) is 6.07 Å². The van der Waals surface area contributed by atoms with Crippen molar-refractivity contribution < 1.29 is 9.13 Å². The lowest BCUT2D eigenvalue weighted by Gasteiger charge is -2.10. The van der Waals surface area contributed by atoms with Gasteiger partial charge in [0.2, 0.25) is 0 Å². The third kappa shape index (κ3) is 2.86. The second-order valence-corrected chi connectivity index (χ2v) is 4.57. The van der Waals surface area contributed by atoms with Gasteiger partial charge in [0, 0.05) is 0 Å². The Hall–Kier alpha value is -1.35. The molecule has 2 aromatic rings. The molecular weight excluding hydrogens is 283 g/mol. The monoisotopic (exact) mass is 294 g/mol. The molecule has 17 heavy (non-hydrogen) atoms. The van der Waals surface area contributed by atoms with Gasteiger partial charge in [-0.05, 0) is 40.0 Å². The summed E-state index contributed by atoms with van der Waals surface area (Å²) in [7, 11) is 0. The van der Waals surface area contributed by atoms with E-state index in [1.54, 1.807) is 6.07 Å². The average Bonchev–Trinajstić information content (AvgIpc) is 2.35. The largest absolute Gasteiger partial charge is 0.485 e. The molecule has 0 aliphatic heterocycles. The maximum Gasteiger partial charge on any atom is 0.169 e. The average molecular weight is 295 g/mol. The zero-order valence-corrected chi connectivity index (χ0v) is 11.0. The van der Waals surface area contributed by atoms with E-state index >= 15 is 0 Å². The molecule has 0 aromatic heterocycles. The first-order chi connectivity index (χ1) is 8.18. The van der Waals surface area contributed by atoms with Crippen molar-refractivity contribution in [3.05, 3.63) is 63.9 Å². The summed E-state index contributed by atoms with van der Waals surface area (Å²) in [5, 5.41) is 0. The van der Waals surface area contributed by atoms with Gasteiger partial charge in [0.15, 0.2) is 11.6 Å². The van der Waals surface area contributed by atoms with Gasteiger partial charge >= 0.3 is 0 Å². The zero-order chi connectivity index (χ0) is 12.3. The lowest BCUT2D eigenvalue weighted by molar-refractivity contribution is 0.288. The molecule has 0 fully saturated rings. The Balaban J connectivity index is 2.17. The summed E-state index contributed by atoms with van der Waals surface area (Å²) in [5.74, 6) is -0.0766. The second-order valence-electron chi connectivity index (χ2n) is 3.78. The molecule has 0 N–H and O–H groups in total. The molecular formula is C14H12BrFO. The molecule has 0 heterocycles. The van der Waals surface area contributed by atoms with Crippen LogP contribution in [0.1, 0.15) is 11.1 Å². The van der Waals surface area contributed by atoms with Gasteiger partial charge in [-0.25, -0.2) is 4.39 Å². The van der Waals surface area contributed by atoms with E-state index in [0.717, 1.165) is 11.1 Å². The molecule has 2 rings (SSSR count). The van der Waals surface area contributed by atoms with Crippen molar-refractivity contribution in [2.75, 3.05) is 0 Å². The van der Waals surface area contributed by atoms with Crippen molar-refractivity contribution in [1.82, 2.24) is 0 Å². The number of hydrogen-bond donors (Lipinski definition) is 0. The molecule has 0 aliphatic rings. The van der Waals surface area contributed by atoms with Crippen molar-refractivity contribution >= 4 is 15.9 Å². The Kier molecular flexibility index (Phi) is 3.79. The Labute approximate surface area is 108 Å². The van der Waals surface area contributed by atoms with Crippen LogP contribution in [0.4, 0.5) is 4.39 Å². The maximum atomic E-state index is 13.6. The summed E-state index contributed by atoms with van der Waals surface area (Å²) in [6, 6.07) is 12.8. The van der Waals surface area contributed by atoms with Crippen LogP contribution in [-0.2, 0) is 6.61 Å². The van der Waals surface area contributed by atoms with Gasteiger partial charge in [-0.1, -0.05) is 36.4 Å². The summed E-state index contributed by atoms with van der Waals surface area (Å²) in [6.45, 7) is 2.26. The van der Waals surface area contributed by atoms with Gasteiger partial charge in [-0.3, -0.25) is 0 Å². The quantitative estimate of drug-likeness (QED) is 0.811. The van der Waals surface area contributed by atoms with Crippen LogP contribution in [0.5, 0.6) is 5.75 Å². The lowest BCUT2D eigenvalue weighted by atomic mass is 10.2. The van der Waals surface area contributed by atoms with Crippen LogP contribution in [0.25, 0.3) is 0 Å². The highest BCUT2D eigenvalue weighted by Gasteiger charge is 2.10. The zero-order valence-electron chi connectivity index (χ0n) is 9.41. The highest BCUT2D eigenvalue weighted by molar-refractivity contribution is 9.10. The number of ether oxygens (including phenoxy) is 1. The number of halogens is 2. The fraction of sp³-hybridized carbons (Fsp3) is 0.143. The maximum absolute atomic E-state index is 13.6. The summed E-state index contributed by atoms with van der Waals surface area (Å²) in [4.78, 5) is 0. The van der Waals surface area contributed by atoms with Crippen LogP contribution in [0.2, 0.25) is 0 Å². The van der Waals surface area contributed by atoms with Crippen molar-refractivity contribution in [1.29, 1.82) is 0 Å². The Morgan fingerprint density at radius 2 is 1.82 bits per heavy atom. The predicted molar refractivity (Wildman–Crippen MR) is 69.6 cm³/mol. The van der Waals surface area contributed by atoms with E-state index in [4.69, 9.17) is 4.74 Å². The van der Waals surface area contributed by atoms with Crippen molar-refractivity contribution in [2.45, 2.75) is 13.5 Å². The number of rotatable bonds is 3. The molecule has 2 aromatic carbocycles. The fourth-order valence-electron chi connectivity index (χ4n) is 1.49. The van der Waals surface area contributed by atoms with Gasteiger partial charge in [-0.15, -0.1) is 0 Å². The minimum atomic E-state index is -0.349. The van der Waals surface area contributed by atoms with Crippen LogP contribution in [-0.4, -0.2) is 0 Å². The standard InChI is InChI=1S/C14H12BrFO/c1-10-7-8-12(16)14(13(10)15)17-9-11-5-3-2-4-6-11/h2-8H,9H2,1H3. The highest BCUT2D eigenvalue weighted by Crippen LogP contribution is 2.31. The summed E-state index contributed by atoms with van der Waals surface area (Å²) < 4.78 is 19.8. The van der Waals surface area contributed by atoms with E-state index < -0.39 is 0 Å². The molecule has 0 saturated carbocycles. The summed E-state index contributed by atoms with van der Waals surface area (Å²) >= 11 is 3.34. The SMILES string of the molecule is Cc1ccc(F)c(OCc2ccccc2)c1Br. The third-order valence-electron chi connectivity index (χ3n) is 2.47. The lowest BCUT2D eigenvalue weighted by Crippen LogP contribution is -1.98. The first-order valence-electron chi connectivity index (χ1n) is 5.30. The molecule has 88 valence electrons. The van der Waals surface area contributed by atoms with Gasteiger partial charge in [0.25, 0.3) is 0 Å². The number of benzene rings is 2. The number of hydrogen-bond acceptors (Lipinski definition) is 1. The van der Waals surface area contributed by atoms with Gasteiger partial charge in [0.1, 0.15) is 6.61 Å². The molecule has 0 aliphatic carbocycles. The molecule has 0 spiro atoms. The molecule has 0 radical (unpaired) electrons. The topological polar surface area (TPSA) is 9.23 Å². The first kappa shape index (κ1) is 12.1. The third-order valence-corrected chi connectivity index (χ3v) is 3.45. The smallest absolute Gasteiger partial charge is 0.169 e. The van der Waals surface area contributed by atoms with E-state index in [0.29, 0.717) is 11.1 Å². The molecule has 0 unspecified atom stereocenters. The van der Waals surface area contributed by atoms with E-state index in [2.05, 4.69) is 15.9 Å². The van der Waals surface area contributed by atoms with Crippen LogP contribution in [0.3, 0.4) is 0 Å². The molecule has 1 nitrogen and oxygen atoms in total. The van der Waals surface area contributed by atoms with Crippen LogP contribution >= 0.6 is 15.9 Å². The van der Waals surface area contributed by atoms with E-state index in [9.17, 15) is 4.39 Å². The molecule has 0 atom stereocenters. The molecule has 0 saturated heterocycles. The summed E-state index contributed by atoms with van der Waals surface area (Å²) in [6.07, 6.45) is 0. The van der Waals surface area contributed by atoms with Crippen molar-refractivity contribution in [3.8, 4) is 5.75 Å². The minimum absolute atomic E-state index is 0.272. The van der Waals surface area contributed by atoms with Crippen LogP contribution < -0.4 is 4.74 Å². The van der Waals surface area contributed by atoms with E-state index in [1.807, 2.05) is 37.3 Å². The summed E-state index contributed by atoms with van der Waals surface area (Å²) in [5.41, 5.74) is 1.97. The molecule has 3 heteroatoms. The Morgan fingerprint density at radius 1 is 1.12 bits per heavy atom. The predicted octanol–water partition coefficient (Wildman–Crippen LogP) is 4.48. The fourth-order valence-corrected chi connectivity index (χ4v) is 1.93. The Bertz CT molecular complexity index is 511. The van der Waals surface area contributed by atoms with Gasteiger partial charge in [-0.2, -0.15) is 0 Å². The molecule has 0 amide bonds. The van der Waals surface area contributed by atoms with E-state index in [-0.39, 0.29) is 11.6 Å².